The smallest absolute Gasteiger partial charge is 0.325 e. The lowest BCUT2D eigenvalue weighted by atomic mass is 10.1. The van der Waals surface area contributed by atoms with Crippen LogP contribution in [0, 0.1) is 6.92 Å². The number of amides is 1. The van der Waals surface area contributed by atoms with Crippen LogP contribution in [0.5, 0.6) is 17.2 Å². The molecule has 0 saturated carbocycles. The van der Waals surface area contributed by atoms with Crippen molar-refractivity contribution in [2.75, 3.05) is 28.4 Å². The topological polar surface area (TPSA) is 88.4 Å². The van der Waals surface area contributed by atoms with E-state index in [1.807, 2.05) is 25.1 Å². The van der Waals surface area contributed by atoms with Crippen molar-refractivity contribution in [1.29, 1.82) is 0 Å². The number of thiazole rings is 1. The summed E-state index contributed by atoms with van der Waals surface area (Å²) in [6.07, 6.45) is 0.0734. The van der Waals surface area contributed by atoms with Crippen LogP contribution in [0.2, 0.25) is 0 Å². The molecule has 164 valence electrons. The average Bonchev–Trinajstić information content (AvgIpc) is 3.08. The third-order valence-electron chi connectivity index (χ3n) is 4.70. The summed E-state index contributed by atoms with van der Waals surface area (Å²) in [5.74, 6) is 0.872. The van der Waals surface area contributed by atoms with Gasteiger partial charge in [-0.3, -0.25) is 9.59 Å². The van der Waals surface area contributed by atoms with Crippen LogP contribution in [0.15, 0.2) is 35.3 Å². The normalized spacial score (nSPS) is 11.5. The Morgan fingerprint density at radius 1 is 0.968 bits per heavy atom. The number of aryl methyl sites for hydroxylation is 1. The molecule has 3 aromatic rings. The van der Waals surface area contributed by atoms with Crippen LogP contribution in [0.4, 0.5) is 0 Å². The van der Waals surface area contributed by atoms with Gasteiger partial charge in [-0.05, 0) is 13.0 Å². The number of nitrogens with zero attached hydrogens (tertiary/aromatic N) is 2. The summed E-state index contributed by atoms with van der Waals surface area (Å²) in [5, 5.41) is 0. The Morgan fingerprint density at radius 3 is 2.29 bits per heavy atom. The Hall–Kier alpha value is -3.33. The van der Waals surface area contributed by atoms with Crippen LogP contribution in [-0.4, -0.2) is 44.9 Å². The number of carbonyl (C=O) groups excluding carboxylic acids is 2. The number of benzene rings is 2. The number of aromatic nitrogens is 1. The molecule has 0 aliphatic rings. The van der Waals surface area contributed by atoms with Gasteiger partial charge in [-0.15, -0.1) is 0 Å². The number of hydrogen-bond donors (Lipinski definition) is 0. The van der Waals surface area contributed by atoms with Gasteiger partial charge in [-0.1, -0.05) is 29.0 Å². The number of ether oxygens (including phenoxy) is 4. The van der Waals surface area contributed by atoms with Crippen molar-refractivity contribution in [3.05, 3.63) is 46.3 Å². The van der Waals surface area contributed by atoms with E-state index in [1.54, 1.807) is 30.9 Å². The maximum atomic E-state index is 12.8. The van der Waals surface area contributed by atoms with Crippen LogP contribution in [-0.2, 0) is 27.3 Å². The molecule has 0 bridgehead atoms. The van der Waals surface area contributed by atoms with Crippen LogP contribution in [0.25, 0.3) is 10.2 Å². The first-order valence-electron chi connectivity index (χ1n) is 9.43. The van der Waals surface area contributed by atoms with Gasteiger partial charge >= 0.3 is 5.97 Å². The fraction of sp³-hybridized carbons (Fsp3) is 0.318. The number of carbonyl (C=O) groups is 2. The monoisotopic (exact) mass is 444 g/mol. The van der Waals surface area contributed by atoms with Crippen molar-refractivity contribution in [3.8, 4) is 17.2 Å². The molecule has 0 radical (unpaired) electrons. The molecule has 0 spiro atoms. The van der Waals surface area contributed by atoms with Crippen LogP contribution >= 0.6 is 11.3 Å². The van der Waals surface area contributed by atoms with Gasteiger partial charge in [-0.2, -0.15) is 4.99 Å². The van der Waals surface area contributed by atoms with Gasteiger partial charge in [0.15, 0.2) is 16.3 Å². The Kier molecular flexibility index (Phi) is 6.96. The lowest BCUT2D eigenvalue weighted by Gasteiger charge is -2.09. The number of rotatable bonds is 7. The van der Waals surface area contributed by atoms with E-state index in [1.165, 1.54) is 25.6 Å². The van der Waals surface area contributed by atoms with E-state index in [9.17, 15) is 9.59 Å². The predicted octanol–water partition coefficient (Wildman–Crippen LogP) is 2.88. The molecule has 2 aromatic carbocycles. The number of hydrogen-bond acceptors (Lipinski definition) is 7. The van der Waals surface area contributed by atoms with Gasteiger partial charge in [-0.25, -0.2) is 0 Å². The molecular formula is C22H24N2O6S. The number of esters is 1. The van der Waals surface area contributed by atoms with Gasteiger partial charge in [0.25, 0.3) is 5.91 Å². The number of methoxy groups -OCH3 is 4. The van der Waals surface area contributed by atoms with Crippen LogP contribution < -0.4 is 19.0 Å². The average molecular weight is 445 g/mol. The Bertz CT molecular complexity index is 1190. The summed E-state index contributed by atoms with van der Waals surface area (Å²) in [7, 11) is 5.95. The van der Waals surface area contributed by atoms with Crippen LogP contribution in [0.1, 0.15) is 11.1 Å². The molecule has 0 saturated heterocycles. The zero-order valence-corrected chi connectivity index (χ0v) is 18.9. The van der Waals surface area contributed by atoms with E-state index in [0.29, 0.717) is 27.6 Å². The third kappa shape index (κ3) is 4.88. The van der Waals surface area contributed by atoms with E-state index in [0.717, 1.165) is 15.8 Å². The van der Waals surface area contributed by atoms with Gasteiger partial charge in [0, 0.05) is 17.7 Å². The maximum absolute atomic E-state index is 12.8. The molecule has 1 amide bonds. The van der Waals surface area contributed by atoms with Crippen molar-refractivity contribution >= 4 is 33.4 Å². The van der Waals surface area contributed by atoms with Crippen molar-refractivity contribution in [2.45, 2.75) is 19.9 Å². The van der Waals surface area contributed by atoms with Crippen molar-refractivity contribution in [3.63, 3.8) is 0 Å². The molecule has 3 rings (SSSR count). The summed E-state index contributed by atoms with van der Waals surface area (Å²) in [6.45, 7) is 1.85. The molecule has 0 atom stereocenters. The second-order valence-corrected chi connectivity index (χ2v) is 7.73. The molecule has 0 aliphatic heterocycles. The highest BCUT2D eigenvalue weighted by Gasteiger charge is 2.16. The van der Waals surface area contributed by atoms with Gasteiger partial charge < -0.3 is 23.5 Å². The first kappa shape index (κ1) is 22.4. The Morgan fingerprint density at radius 2 is 1.65 bits per heavy atom. The fourth-order valence-electron chi connectivity index (χ4n) is 3.18. The van der Waals surface area contributed by atoms with Crippen molar-refractivity contribution < 1.29 is 28.5 Å². The summed E-state index contributed by atoms with van der Waals surface area (Å²) in [6, 6.07) is 9.18. The second-order valence-electron chi connectivity index (χ2n) is 6.72. The fourth-order valence-corrected chi connectivity index (χ4v) is 4.24. The predicted molar refractivity (Wildman–Crippen MR) is 117 cm³/mol. The molecular weight excluding hydrogens is 420 g/mol. The molecule has 0 fully saturated rings. The van der Waals surface area contributed by atoms with E-state index in [-0.39, 0.29) is 18.9 Å². The second kappa shape index (κ2) is 9.65. The minimum Gasteiger partial charge on any atom is -0.496 e. The minimum atomic E-state index is -0.455. The van der Waals surface area contributed by atoms with Crippen molar-refractivity contribution in [2.24, 2.45) is 4.99 Å². The minimum absolute atomic E-state index is 0.0734. The lowest BCUT2D eigenvalue weighted by Crippen LogP contribution is -2.22. The standard InChI is InChI=1S/C22H24N2O6S/c1-13-6-7-16(27-2)14(8-13)9-20(25)23-22-24(12-21(26)30-5)15-10-17(28-3)18(29-4)11-19(15)31-22/h6-8,10-11H,9,12H2,1-5H3. The molecule has 8 nitrogen and oxygen atoms in total. The largest absolute Gasteiger partial charge is 0.496 e. The third-order valence-corrected chi connectivity index (χ3v) is 5.74. The zero-order valence-electron chi connectivity index (χ0n) is 18.1. The van der Waals surface area contributed by atoms with E-state index < -0.39 is 5.97 Å². The molecule has 1 aromatic heterocycles. The quantitative estimate of drug-likeness (QED) is 0.521. The van der Waals surface area contributed by atoms with Crippen LogP contribution in [0.3, 0.4) is 0 Å². The molecule has 31 heavy (non-hydrogen) atoms. The summed E-state index contributed by atoms with van der Waals surface area (Å²) in [4.78, 5) is 29.5. The highest BCUT2D eigenvalue weighted by atomic mass is 32.1. The summed E-state index contributed by atoms with van der Waals surface area (Å²) >= 11 is 1.28. The van der Waals surface area contributed by atoms with E-state index in [4.69, 9.17) is 18.9 Å². The Balaban J connectivity index is 2.10. The van der Waals surface area contributed by atoms with Crippen molar-refractivity contribution in [1.82, 2.24) is 4.57 Å². The first-order chi connectivity index (χ1) is 14.9. The van der Waals surface area contributed by atoms with Gasteiger partial charge in [0.05, 0.1) is 45.1 Å². The van der Waals surface area contributed by atoms with E-state index in [2.05, 4.69) is 4.99 Å². The molecule has 0 unspecified atom stereocenters. The SMILES string of the molecule is COC(=O)Cn1c(=NC(=O)Cc2cc(C)ccc2OC)sc2cc(OC)c(OC)cc21. The zero-order chi connectivity index (χ0) is 22.5. The molecule has 0 N–H and O–H groups in total. The van der Waals surface area contributed by atoms with E-state index >= 15 is 0 Å². The highest BCUT2D eigenvalue weighted by molar-refractivity contribution is 7.16. The maximum Gasteiger partial charge on any atom is 0.325 e. The molecule has 1 heterocycles. The van der Waals surface area contributed by atoms with Gasteiger partial charge in [0.2, 0.25) is 0 Å². The first-order valence-corrected chi connectivity index (χ1v) is 10.2. The van der Waals surface area contributed by atoms with Gasteiger partial charge in [0.1, 0.15) is 12.3 Å². The molecule has 0 aliphatic carbocycles. The number of fused-ring (bicyclic) bond motifs is 1. The lowest BCUT2D eigenvalue weighted by molar-refractivity contribution is -0.141. The summed E-state index contributed by atoms with van der Waals surface area (Å²) in [5.41, 5.74) is 2.46. The molecule has 9 heteroatoms. The summed E-state index contributed by atoms with van der Waals surface area (Å²) < 4.78 is 23.3. The highest BCUT2D eigenvalue weighted by Crippen LogP contribution is 2.33. The Labute approximate surface area is 183 Å².